The smallest absolute Gasteiger partial charge is 0.312 e. The second-order valence-corrected chi connectivity index (χ2v) is 8.23. The van der Waals surface area contributed by atoms with Gasteiger partial charge in [0.2, 0.25) is 5.91 Å². The molecular weight excluding hydrogens is 412 g/mol. The first-order valence-electron chi connectivity index (χ1n) is 10.1. The number of nitrogens with zero attached hydrogens (tertiary/aromatic N) is 4. The summed E-state index contributed by atoms with van der Waals surface area (Å²) in [4.78, 5) is 38.2. The lowest BCUT2D eigenvalue weighted by Gasteiger charge is -2.36. The SMILES string of the molecule is NC(=O)NC(CC(=O)N1CCN(c2ccnc(-c3ccccc3)n2)CC1)c1cccs1. The summed E-state index contributed by atoms with van der Waals surface area (Å²) in [5.74, 6) is 1.54. The van der Waals surface area contributed by atoms with Crippen molar-refractivity contribution in [1.29, 1.82) is 0 Å². The monoisotopic (exact) mass is 436 g/mol. The van der Waals surface area contributed by atoms with E-state index < -0.39 is 12.1 Å². The first kappa shape index (κ1) is 20.8. The molecule has 9 heteroatoms. The Labute approximate surface area is 184 Å². The van der Waals surface area contributed by atoms with Crippen LogP contribution in [0.5, 0.6) is 0 Å². The molecule has 0 aliphatic carbocycles. The number of piperazine rings is 1. The van der Waals surface area contributed by atoms with Crippen LogP contribution in [0.2, 0.25) is 0 Å². The van der Waals surface area contributed by atoms with Crippen LogP contribution in [-0.4, -0.2) is 53.0 Å². The van der Waals surface area contributed by atoms with Crippen LogP contribution in [0.15, 0.2) is 60.1 Å². The maximum atomic E-state index is 12.9. The van der Waals surface area contributed by atoms with Crippen molar-refractivity contribution in [3.63, 3.8) is 0 Å². The molecule has 160 valence electrons. The molecule has 3 amide bonds. The summed E-state index contributed by atoms with van der Waals surface area (Å²) in [6.45, 7) is 2.56. The van der Waals surface area contributed by atoms with Gasteiger partial charge in [-0.15, -0.1) is 11.3 Å². The average Bonchev–Trinajstić information content (AvgIpc) is 3.34. The average molecular weight is 437 g/mol. The van der Waals surface area contributed by atoms with Crippen LogP contribution in [0.3, 0.4) is 0 Å². The summed E-state index contributed by atoms with van der Waals surface area (Å²) in [6, 6.07) is 14.5. The van der Waals surface area contributed by atoms with Gasteiger partial charge in [-0.2, -0.15) is 0 Å². The first-order chi connectivity index (χ1) is 15.1. The van der Waals surface area contributed by atoms with Gasteiger partial charge in [-0.05, 0) is 17.5 Å². The topological polar surface area (TPSA) is 104 Å². The number of hydrogen-bond acceptors (Lipinski definition) is 6. The highest BCUT2D eigenvalue weighted by molar-refractivity contribution is 7.10. The minimum atomic E-state index is -0.631. The standard InChI is InChI=1S/C22H24N6O2S/c23-22(30)25-17(18-7-4-14-31-18)15-20(29)28-12-10-27(11-13-28)19-8-9-24-21(26-19)16-5-2-1-3-6-16/h1-9,14,17H,10-13,15H2,(H3,23,25,30). The fourth-order valence-electron chi connectivity index (χ4n) is 3.62. The number of hydrogen-bond donors (Lipinski definition) is 2. The fourth-order valence-corrected chi connectivity index (χ4v) is 4.40. The maximum absolute atomic E-state index is 12.9. The molecule has 1 aliphatic heterocycles. The Morgan fingerprint density at radius 3 is 2.52 bits per heavy atom. The van der Waals surface area contributed by atoms with E-state index in [2.05, 4.69) is 15.2 Å². The van der Waals surface area contributed by atoms with Crippen molar-refractivity contribution in [3.8, 4) is 11.4 Å². The summed E-state index contributed by atoms with van der Waals surface area (Å²) in [5, 5.41) is 4.60. The lowest BCUT2D eigenvalue weighted by atomic mass is 10.1. The molecule has 3 N–H and O–H groups in total. The third-order valence-electron chi connectivity index (χ3n) is 5.21. The lowest BCUT2D eigenvalue weighted by Crippen LogP contribution is -2.49. The molecule has 2 aromatic heterocycles. The van der Waals surface area contributed by atoms with E-state index in [4.69, 9.17) is 10.7 Å². The molecule has 0 saturated carbocycles. The summed E-state index contributed by atoms with van der Waals surface area (Å²) in [5.41, 5.74) is 6.27. The zero-order chi connectivity index (χ0) is 21.6. The number of thiophene rings is 1. The summed E-state index contributed by atoms with van der Waals surface area (Å²) < 4.78 is 0. The molecule has 1 atom stereocenters. The number of nitrogens with one attached hydrogen (secondary N) is 1. The van der Waals surface area contributed by atoms with Crippen molar-refractivity contribution >= 4 is 29.1 Å². The zero-order valence-corrected chi connectivity index (χ0v) is 17.8. The van der Waals surface area contributed by atoms with E-state index in [9.17, 15) is 9.59 Å². The Morgan fingerprint density at radius 1 is 1.06 bits per heavy atom. The first-order valence-corrected chi connectivity index (χ1v) is 11.0. The summed E-state index contributed by atoms with van der Waals surface area (Å²) in [7, 11) is 0. The van der Waals surface area contributed by atoms with Crippen molar-refractivity contribution in [2.24, 2.45) is 5.73 Å². The highest BCUT2D eigenvalue weighted by Gasteiger charge is 2.26. The molecular formula is C22H24N6O2S. The van der Waals surface area contributed by atoms with Gasteiger partial charge in [-0.1, -0.05) is 36.4 Å². The molecule has 0 spiro atoms. The van der Waals surface area contributed by atoms with Gasteiger partial charge < -0.3 is 20.9 Å². The predicted octanol–water partition coefficient (Wildman–Crippen LogP) is 2.65. The second-order valence-electron chi connectivity index (χ2n) is 7.25. The Balaban J connectivity index is 1.37. The number of primary amides is 1. The van der Waals surface area contributed by atoms with E-state index in [-0.39, 0.29) is 12.3 Å². The molecule has 3 aromatic rings. The van der Waals surface area contributed by atoms with E-state index >= 15 is 0 Å². The molecule has 4 rings (SSSR count). The maximum Gasteiger partial charge on any atom is 0.312 e. The summed E-state index contributed by atoms with van der Waals surface area (Å²) >= 11 is 1.50. The molecule has 1 aromatic carbocycles. The van der Waals surface area contributed by atoms with Gasteiger partial charge in [0.05, 0.1) is 12.5 Å². The number of carbonyl (C=O) groups is 2. The number of urea groups is 1. The molecule has 1 saturated heterocycles. The van der Waals surface area contributed by atoms with Crippen molar-refractivity contribution in [1.82, 2.24) is 20.2 Å². The van der Waals surface area contributed by atoms with Crippen molar-refractivity contribution in [3.05, 3.63) is 65.0 Å². The number of rotatable bonds is 6. The van der Waals surface area contributed by atoms with E-state index in [1.165, 1.54) is 11.3 Å². The Kier molecular flexibility index (Phi) is 6.42. The van der Waals surface area contributed by atoms with Crippen molar-refractivity contribution in [2.75, 3.05) is 31.1 Å². The van der Waals surface area contributed by atoms with E-state index in [1.54, 1.807) is 6.20 Å². The van der Waals surface area contributed by atoms with Crippen LogP contribution in [0.25, 0.3) is 11.4 Å². The zero-order valence-electron chi connectivity index (χ0n) is 17.0. The van der Waals surface area contributed by atoms with Gasteiger partial charge in [0.25, 0.3) is 0 Å². The van der Waals surface area contributed by atoms with Crippen molar-refractivity contribution in [2.45, 2.75) is 12.5 Å². The molecule has 31 heavy (non-hydrogen) atoms. The van der Waals surface area contributed by atoms with Gasteiger partial charge >= 0.3 is 6.03 Å². The van der Waals surface area contributed by atoms with Crippen LogP contribution >= 0.6 is 11.3 Å². The number of anilines is 1. The van der Waals surface area contributed by atoms with Gasteiger partial charge in [0.1, 0.15) is 5.82 Å². The van der Waals surface area contributed by atoms with E-state index in [0.29, 0.717) is 32.0 Å². The minimum absolute atomic E-state index is 0.000498. The second kappa shape index (κ2) is 9.57. The number of nitrogens with two attached hydrogens (primary N) is 1. The van der Waals surface area contributed by atoms with E-state index in [1.807, 2.05) is 58.8 Å². The highest BCUT2D eigenvalue weighted by Crippen LogP contribution is 2.24. The normalized spacial score (nSPS) is 14.8. The molecule has 8 nitrogen and oxygen atoms in total. The van der Waals surface area contributed by atoms with Crippen LogP contribution < -0.4 is 16.0 Å². The fraction of sp³-hybridized carbons (Fsp3) is 0.273. The van der Waals surface area contributed by atoms with Gasteiger partial charge in [0, 0.05) is 42.8 Å². The molecule has 1 fully saturated rings. The quantitative estimate of drug-likeness (QED) is 0.618. The molecule has 1 unspecified atom stereocenters. The van der Waals surface area contributed by atoms with Gasteiger partial charge in [-0.25, -0.2) is 14.8 Å². The Hall–Kier alpha value is -3.46. The van der Waals surface area contributed by atoms with Crippen LogP contribution in [-0.2, 0) is 4.79 Å². The third-order valence-corrected chi connectivity index (χ3v) is 6.20. The Morgan fingerprint density at radius 2 is 1.84 bits per heavy atom. The number of benzene rings is 1. The van der Waals surface area contributed by atoms with Gasteiger partial charge in [-0.3, -0.25) is 4.79 Å². The number of amides is 3. The van der Waals surface area contributed by atoms with Crippen LogP contribution in [0.4, 0.5) is 10.6 Å². The molecule has 1 aliphatic rings. The third kappa shape index (κ3) is 5.18. The van der Waals surface area contributed by atoms with E-state index in [0.717, 1.165) is 16.3 Å². The molecule has 0 bridgehead atoms. The summed E-state index contributed by atoms with van der Waals surface area (Å²) in [6.07, 6.45) is 1.96. The van der Waals surface area contributed by atoms with Crippen molar-refractivity contribution < 1.29 is 9.59 Å². The highest BCUT2D eigenvalue weighted by atomic mass is 32.1. The Bertz CT molecular complexity index is 1020. The predicted molar refractivity (Wildman–Crippen MR) is 121 cm³/mol. The molecule has 0 radical (unpaired) electrons. The lowest BCUT2D eigenvalue weighted by molar-refractivity contribution is -0.132. The number of carbonyl (C=O) groups excluding carboxylic acids is 2. The number of aromatic nitrogens is 2. The largest absolute Gasteiger partial charge is 0.353 e. The van der Waals surface area contributed by atoms with Gasteiger partial charge in [0.15, 0.2) is 5.82 Å². The molecule has 3 heterocycles. The minimum Gasteiger partial charge on any atom is -0.353 e. The van der Waals surface area contributed by atoms with Crippen LogP contribution in [0.1, 0.15) is 17.3 Å². The van der Waals surface area contributed by atoms with Crippen LogP contribution in [0, 0.1) is 0 Å².